The van der Waals surface area contributed by atoms with Crippen molar-refractivity contribution in [1.82, 2.24) is 15.2 Å². The monoisotopic (exact) mass is 417 g/mol. The first-order valence-corrected chi connectivity index (χ1v) is 10.3. The van der Waals surface area contributed by atoms with Crippen LogP contribution in [0.1, 0.15) is 46.0 Å². The van der Waals surface area contributed by atoms with Gasteiger partial charge in [0, 0.05) is 47.8 Å². The van der Waals surface area contributed by atoms with Crippen LogP contribution in [-0.4, -0.2) is 40.8 Å². The molecule has 158 valence electrons. The summed E-state index contributed by atoms with van der Waals surface area (Å²) >= 11 is 0. The largest absolute Gasteiger partial charge is 0.478 e. The number of nitrogens with one attached hydrogen (secondary N) is 1. The van der Waals surface area contributed by atoms with E-state index in [0.29, 0.717) is 42.0 Å². The van der Waals surface area contributed by atoms with Crippen LogP contribution in [0.5, 0.6) is 5.88 Å². The summed E-state index contributed by atoms with van der Waals surface area (Å²) < 4.78 is 5.46. The van der Waals surface area contributed by atoms with Gasteiger partial charge in [0.2, 0.25) is 11.8 Å². The van der Waals surface area contributed by atoms with Crippen molar-refractivity contribution in [3.63, 3.8) is 0 Å². The maximum atomic E-state index is 12.9. The molecule has 0 unspecified atom stereocenters. The van der Waals surface area contributed by atoms with Crippen molar-refractivity contribution in [3.05, 3.63) is 71.4 Å². The fraction of sp³-hybridized carbons (Fsp3) is 0.250. The van der Waals surface area contributed by atoms with E-state index in [1.165, 1.54) is 4.90 Å². The van der Waals surface area contributed by atoms with E-state index in [-0.39, 0.29) is 30.7 Å². The van der Waals surface area contributed by atoms with Crippen LogP contribution in [-0.2, 0) is 11.3 Å². The average molecular weight is 417 g/mol. The molecule has 1 aliphatic rings. The minimum absolute atomic E-state index is 0.161. The van der Waals surface area contributed by atoms with Gasteiger partial charge in [0.1, 0.15) is 0 Å². The van der Waals surface area contributed by atoms with Crippen LogP contribution < -0.4 is 10.1 Å². The van der Waals surface area contributed by atoms with Crippen molar-refractivity contribution >= 4 is 28.5 Å². The summed E-state index contributed by atoms with van der Waals surface area (Å²) in [5.41, 5.74) is 1.85. The normalized spacial score (nSPS) is 12.9. The molecule has 1 N–H and O–H groups in total. The first kappa shape index (κ1) is 20.5. The fourth-order valence-corrected chi connectivity index (χ4v) is 3.79. The highest BCUT2D eigenvalue weighted by Gasteiger charge is 2.32. The first-order chi connectivity index (χ1) is 15.1. The Labute approximate surface area is 180 Å². The number of imide groups is 1. The van der Waals surface area contributed by atoms with Gasteiger partial charge in [-0.15, -0.1) is 0 Å². The molecule has 7 nitrogen and oxygen atoms in total. The highest BCUT2D eigenvalue weighted by molar-refractivity contribution is 6.25. The van der Waals surface area contributed by atoms with E-state index in [9.17, 15) is 14.4 Å². The Kier molecular flexibility index (Phi) is 5.93. The van der Waals surface area contributed by atoms with Crippen LogP contribution in [0.2, 0.25) is 0 Å². The first-order valence-electron chi connectivity index (χ1n) is 10.3. The number of hydrogen-bond donors (Lipinski definition) is 1. The predicted octanol–water partition coefficient (Wildman–Crippen LogP) is 3.33. The van der Waals surface area contributed by atoms with Gasteiger partial charge in [-0.3, -0.25) is 19.3 Å². The smallest absolute Gasteiger partial charge is 0.261 e. The van der Waals surface area contributed by atoms with Crippen LogP contribution in [0.15, 0.2) is 54.7 Å². The van der Waals surface area contributed by atoms with Crippen molar-refractivity contribution in [2.45, 2.75) is 26.3 Å². The van der Waals surface area contributed by atoms with Gasteiger partial charge in [-0.2, -0.15) is 0 Å². The molecule has 2 heterocycles. The van der Waals surface area contributed by atoms with Crippen molar-refractivity contribution in [2.75, 3.05) is 13.2 Å². The third-order valence-electron chi connectivity index (χ3n) is 5.25. The molecule has 0 saturated heterocycles. The molecule has 0 saturated carbocycles. The summed E-state index contributed by atoms with van der Waals surface area (Å²) in [7, 11) is 0. The molecule has 0 spiro atoms. The SMILES string of the molecule is CCOc1ncccc1CNC(=O)CCCN1C(=O)c2cccc3cccc(c23)C1=O. The summed E-state index contributed by atoms with van der Waals surface area (Å²) in [5.74, 6) is -0.286. The zero-order valence-electron chi connectivity index (χ0n) is 17.3. The van der Waals surface area contributed by atoms with Crippen molar-refractivity contribution in [2.24, 2.45) is 0 Å². The zero-order chi connectivity index (χ0) is 21.8. The quantitative estimate of drug-likeness (QED) is 0.568. The number of carbonyl (C=O) groups is 3. The average Bonchev–Trinajstić information content (AvgIpc) is 2.79. The molecule has 7 heteroatoms. The van der Waals surface area contributed by atoms with Crippen molar-refractivity contribution in [3.8, 4) is 5.88 Å². The van der Waals surface area contributed by atoms with E-state index >= 15 is 0 Å². The fourth-order valence-electron chi connectivity index (χ4n) is 3.79. The third-order valence-corrected chi connectivity index (χ3v) is 5.25. The Hall–Kier alpha value is -3.74. The van der Waals surface area contributed by atoms with Crippen LogP contribution >= 0.6 is 0 Å². The Morgan fingerprint density at radius 2 is 1.74 bits per heavy atom. The Morgan fingerprint density at radius 1 is 1.03 bits per heavy atom. The summed E-state index contributed by atoms with van der Waals surface area (Å²) in [4.78, 5) is 43.4. The van der Waals surface area contributed by atoms with E-state index in [2.05, 4.69) is 10.3 Å². The minimum atomic E-state index is -0.313. The van der Waals surface area contributed by atoms with Gasteiger partial charge in [-0.25, -0.2) is 4.98 Å². The van der Waals surface area contributed by atoms with Crippen LogP contribution in [0.3, 0.4) is 0 Å². The van der Waals surface area contributed by atoms with Gasteiger partial charge < -0.3 is 10.1 Å². The van der Waals surface area contributed by atoms with Gasteiger partial charge in [0.25, 0.3) is 11.8 Å². The lowest BCUT2D eigenvalue weighted by atomic mass is 9.94. The lowest BCUT2D eigenvalue weighted by molar-refractivity contribution is -0.121. The molecule has 0 atom stereocenters. The Bertz CT molecular complexity index is 1110. The second-order valence-electron chi connectivity index (χ2n) is 7.25. The molecule has 0 fully saturated rings. The van der Waals surface area contributed by atoms with Gasteiger partial charge in [0.15, 0.2) is 0 Å². The maximum Gasteiger partial charge on any atom is 0.261 e. The molecular formula is C24H23N3O4. The minimum Gasteiger partial charge on any atom is -0.478 e. The Morgan fingerprint density at radius 3 is 2.42 bits per heavy atom. The van der Waals surface area contributed by atoms with Gasteiger partial charge in [0.05, 0.1) is 6.61 Å². The molecule has 3 amide bonds. The molecule has 1 aromatic heterocycles. The van der Waals surface area contributed by atoms with Crippen molar-refractivity contribution < 1.29 is 19.1 Å². The predicted molar refractivity (Wildman–Crippen MR) is 116 cm³/mol. The second kappa shape index (κ2) is 8.95. The number of benzene rings is 2. The number of nitrogens with zero attached hydrogens (tertiary/aromatic N) is 2. The van der Waals surface area contributed by atoms with E-state index in [0.717, 1.165) is 10.9 Å². The van der Waals surface area contributed by atoms with E-state index < -0.39 is 0 Å². The van der Waals surface area contributed by atoms with Crippen LogP contribution in [0.4, 0.5) is 0 Å². The number of hydrogen-bond acceptors (Lipinski definition) is 5. The highest BCUT2D eigenvalue weighted by Crippen LogP contribution is 2.30. The number of rotatable bonds is 8. The Balaban J connectivity index is 1.35. The number of pyridine rings is 1. The number of aromatic nitrogens is 1. The van der Waals surface area contributed by atoms with Crippen LogP contribution in [0.25, 0.3) is 10.8 Å². The zero-order valence-corrected chi connectivity index (χ0v) is 17.3. The van der Waals surface area contributed by atoms with Crippen molar-refractivity contribution in [1.29, 1.82) is 0 Å². The molecule has 2 aromatic carbocycles. The molecule has 0 aliphatic carbocycles. The lowest BCUT2D eigenvalue weighted by Gasteiger charge is -2.27. The van der Waals surface area contributed by atoms with Crippen LogP contribution in [0, 0.1) is 0 Å². The number of amides is 3. The number of ether oxygens (including phenoxy) is 1. The standard InChI is InChI=1S/C24H23N3O4/c1-2-31-22-17(9-5-13-25-22)15-26-20(28)12-6-14-27-23(29)18-10-3-7-16-8-4-11-19(21(16)18)24(27)30/h3-5,7-11,13H,2,6,12,14-15H2,1H3,(H,26,28). The van der Waals surface area contributed by atoms with Gasteiger partial charge in [-0.05, 0) is 36.9 Å². The number of carbonyl (C=O) groups excluding carboxylic acids is 3. The van der Waals surface area contributed by atoms with E-state index in [4.69, 9.17) is 4.74 Å². The van der Waals surface area contributed by atoms with E-state index in [1.54, 1.807) is 24.4 Å². The molecule has 4 rings (SSSR count). The summed E-state index contributed by atoms with van der Waals surface area (Å²) in [6, 6.07) is 14.5. The molecule has 0 bridgehead atoms. The maximum absolute atomic E-state index is 12.9. The summed E-state index contributed by atoms with van der Waals surface area (Å²) in [6.07, 6.45) is 2.22. The summed E-state index contributed by atoms with van der Waals surface area (Å²) in [5, 5.41) is 4.42. The highest BCUT2D eigenvalue weighted by atomic mass is 16.5. The third kappa shape index (κ3) is 4.12. The lowest BCUT2D eigenvalue weighted by Crippen LogP contribution is -2.41. The topological polar surface area (TPSA) is 88.6 Å². The summed E-state index contributed by atoms with van der Waals surface area (Å²) in [6.45, 7) is 2.86. The van der Waals surface area contributed by atoms with Gasteiger partial charge >= 0.3 is 0 Å². The molecule has 31 heavy (non-hydrogen) atoms. The second-order valence-corrected chi connectivity index (χ2v) is 7.25. The molecule has 3 aromatic rings. The molecule has 0 radical (unpaired) electrons. The molecular weight excluding hydrogens is 394 g/mol. The molecule has 1 aliphatic heterocycles. The van der Waals surface area contributed by atoms with Gasteiger partial charge in [-0.1, -0.05) is 30.3 Å². The van der Waals surface area contributed by atoms with E-state index in [1.807, 2.05) is 37.3 Å².